The highest BCUT2D eigenvalue weighted by molar-refractivity contribution is 7.89. The van der Waals surface area contributed by atoms with Crippen molar-refractivity contribution in [3.05, 3.63) is 41.5 Å². The second-order valence-corrected chi connectivity index (χ2v) is 10.7. The van der Waals surface area contributed by atoms with Crippen molar-refractivity contribution in [2.24, 2.45) is 11.8 Å². The second kappa shape index (κ2) is 6.98. The lowest BCUT2D eigenvalue weighted by atomic mass is 9.68. The molecule has 0 spiro atoms. The Morgan fingerprint density at radius 1 is 1.14 bits per heavy atom. The summed E-state index contributed by atoms with van der Waals surface area (Å²) in [6.45, 7) is 2.75. The fraction of sp³-hybridized carbons (Fsp3) is 0.591. The van der Waals surface area contributed by atoms with E-state index in [1.807, 2.05) is 0 Å². The third-order valence-electron chi connectivity index (χ3n) is 7.18. The average molecular weight is 398 g/mol. The molecule has 2 bridgehead atoms. The van der Waals surface area contributed by atoms with Gasteiger partial charge in [-0.25, -0.2) is 8.42 Å². The summed E-state index contributed by atoms with van der Waals surface area (Å²) in [6.07, 6.45) is 9.33. The standard InChI is InChI=1S/C22H27N3O2S/c23-14-16-5-3-7-20(11-16)28(26,27)25-10-4-6-17-12-18-13-19(22(17)25)15-24-9-2-1-8-21(18)24/h3,5,7,11-12,18-19,21-22H,1-2,4,6,8-10,13,15H2/t18-,19+,21+,22+/m0/s1. The molecule has 0 amide bonds. The van der Waals surface area contributed by atoms with Gasteiger partial charge in [-0.3, -0.25) is 4.90 Å². The number of hydrogen-bond donors (Lipinski definition) is 0. The van der Waals surface area contributed by atoms with E-state index in [2.05, 4.69) is 17.0 Å². The van der Waals surface area contributed by atoms with Crippen LogP contribution in [0.15, 0.2) is 40.8 Å². The van der Waals surface area contributed by atoms with E-state index in [4.69, 9.17) is 0 Å². The van der Waals surface area contributed by atoms with Gasteiger partial charge >= 0.3 is 0 Å². The summed E-state index contributed by atoms with van der Waals surface area (Å²) >= 11 is 0. The van der Waals surface area contributed by atoms with Crippen LogP contribution in [0.25, 0.3) is 0 Å². The van der Waals surface area contributed by atoms with E-state index in [0.29, 0.717) is 30.0 Å². The van der Waals surface area contributed by atoms with Crippen LogP contribution >= 0.6 is 0 Å². The molecule has 5 nitrogen and oxygen atoms in total. The third kappa shape index (κ3) is 2.92. The molecule has 1 aromatic carbocycles. The first-order valence-electron chi connectivity index (χ1n) is 10.5. The quantitative estimate of drug-likeness (QED) is 0.719. The van der Waals surface area contributed by atoms with Crippen molar-refractivity contribution in [3.8, 4) is 6.07 Å². The Bertz CT molecular complexity index is 949. The van der Waals surface area contributed by atoms with Gasteiger partial charge in [0, 0.05) is 19.1 Å². The van der Waals surface area contributed by atoms with Gasteiger partial charge in [0.15, 0.2) is 0 Å². The van der Waals surface area contributed by atoms with E-state index >= 15 is 0 Å². The minimum atomic E-state index is -3.61. The molecule has 0 saturated carbocycles. The molecule has 1 aromatic rings. The van der Waals surface area contributed by atoms with E-state index in [1.54, 1.807) is 22.5 Å². The molecule has 3 aliphatic heterocycles. The Balaban J connectivity index is 1.51. The van der Waals surface area contributed by atoms with Crippen LogP contribution in [0.5, 0.6) is 0 Å². The molecule has 4 aliphatic rings. The number of piperidine rings is 3. The van der Waals surface area contributed by atoms with E-state index in [9.17, 15) is 13.7 Å². The number of nitriles is 1. The first-order chi connectivity index (χ1) is 13.6. The molecule has 148 valence electrons. The summed E-state index contributed by atoms with van der Waals surface area (Å²) in [5, 5.41) is 9.18. The van der Waals surface area contributed by atoms with E-state index in [-0.39, 0.29) is 10.9 Å². The number of nitrogens with zero attached hydrogens (tertiary/aromatic N) is 3. The highest BCUT2D eigenvalue weighted by Crippen LogP contribution is 2.46. The maximum Gasteiger partial charge on any atom is 0.243 e. The summed E-state index contributed by atoms with van der Waals surface area (Å²) in [7, 11) is -3.61. The molecule has 6 heteroatoms. The molecule has 0 N–H and O–H groups in total. The number of benzene rings is 1. The first kappa shape index (κ1) is 18.4. The Morgan fingerprint density at radius 2 is 2.04 bits per heavy atom. The molecule has 0 unspecified atom stereocenters. The third-order valence-corrected chi connectivity index (χ3v) is 9.06. The largest absolute Gasteiger partial charge is 0.299 e. The van der Waals surface area contributed by atoms with Crippen molar-refractivity contribution in [1.82, 2.24) is 9.21 Å². The molecular weight excluding hydrogens is 370 g/mol. The molecule has 0 radical (unpaired) electrons. The smallest absolute Gasteiger partial charge is 0.243 e. The number of hydrogen-bond acceptors (Lipinski definition) is 4. The summed E-state index contributed by atoms with van der Waals surface area (Å²) in [6, 6.07) is 9.18. The lowest BCUT2D eigenvalue weighted by Crippen LogP contribution is -2.59. The number of rotatable bonds is 2. The maximum atomic E-state index is 13.5. The monoisotopic (exact) mass is 397 g/mol. The van der Waals surface area contributed by atoms with E-state index in [1.165, 1.54) is 30.9 Å². The zero-order chi connectivity index (χ0) is 19.3. The summed E-state index contributed by atoms with van der Waals surface area (Å²) in [5.74, 6) is 0.975. The zero-order valence-electron chi connectivity index (χ0n) is 16.1. The van der Waals surface area contributed by atoms with Crippen molar-refractivity contribution < 1.29 is 8.42 Å². The minimum Gasteiger partial charge on any atom is -0.299 e. The van der Waals surface area contributed by atoms with Gasteiger partial charge in [-0.2, -0.15) is 9.57 Å². The lowest BCUT2D eigenvalue weighted by Gasteiger charge is -2.54. The van der Waals surface area contributed by atoms with Crippen molar-refractivity contribution in [2.75, 3.05) is 19.6 Å². The summed E-state index contributed by atoms with van der Waals surface area (Å²) in [4.78, 5) is 2.88. The van der Waals surface area contributed by atoms with Crippen molar-refractivity contribution >= 4 is 10.0 Å². The van der Waals surface area contributed by atoms with Crippen molar-refractivity contribution in [3.63, 3.8) is 0 Å². The average Bonchev–Trinajstić information content (AvgIpc) is 2.73. The molecule has 3 fully saturated rings. The van der Waals surface area contributed by atoms with Crippen LogP contribution in [0.2, 0.25) is 0 Å². The van der Waals surface area contributed by atoms with E-state index < -0.39 is 10.0 Å². The van der Waals surface area contributed by atoms with Gasteiger partial charge in [0.1, 0.15) is 0 Å². The van der Waals surface area contributed by atoms with Crippen LogP contribution < -0.4 is 0 Å². The van der Waals surface area contributed by atoms with Crippen LogP contribution in [-0.2, 0) is 10.0 Å². The molecule has 3 heterocycles. The second-order valence-electron chi connectivity index (χ2n) is 8.76. The maximum absolute atomic E-state index is 13.5. The highest BCUT2D eigenvalue weighted by Gasteiger charge is 2.48. The topological polar surface area (TPSA) is 64.4 Å². The molecule has 3 saturated heterocycles. The van der Waals surface area contributed by atoms with Gasteiger partial charge < -0.3 is 0 Å². The fourth-order valence-corrected chi connectivity index (χ4v) is 7.83. The zero-order valence-corrected chi connectivity index (χ0v) is 16.9. The van der Waals surface area contributed by atoms with Crippen LogP contribution in [0.4, 0.5) is 0 Å². The summed E-state index contributed by atoms with van der Waals surface area (Å²) in [5.41, 5.74) is 1.74. The van der Waals surface area contributed by atoms with Crippen LogP contribution in [0, 0.1) is 23.2 Å². The van der Waals surface area contributed by atoms with Crippen LogP contribution in [-0.4, -0.2) is 49.3 Å². The van der Waals surface area contributed by atoms with Gasteiger partial charge in [-0.05, 0) is 68.7 Å². The Hall–Kier alpha value is -1.68. The highest BCUT2D eigenvalue weighted by atomic mass is 32.2. The van der Waals surface area contributed by atoms with Gasteiger partial charge in [-0.1, -0.05) is 24.1 Å². The number of fused-ring (bicyclic) bond motifs is 6. The minimum absolute atomic E-state index is 0.0105. The van der Waals surface area contributed by atoms with Crippen LogP contribution in [0.3, 0.4) is 0 Å². The van der Waals surface area contributed by atoms with Gasteiger partial charge in [0.2, 0.25) is 10.0 Å². The molecule has 0 aromatic heterocycles. The van der Waals surface area contributed by atoms with Crippen molar-refractivity contribution in [2.45, 2.75) is 55.5 Å². The predicted octanol–water partition coefficient (Wildman–Crippen LogP) is 3.14. The molecule has 1 aliphatic carbocycles. The van der Waals surface area contributed by atoms with Gasteiger partial charge in [0.05, 0.1) is 22.6 Å². The SMILES string of the molecule is N#Cc1cccc(S(=O)(=O)N2CCCC3=C[C@H]4C[C@H](CN5CCCC[C@H]45)[C@@H]32)c1. The fourth-order valence-electron chi connectivity index (χ4n) is 6.06. The van der Waals surface area contributed by atoms with E-state index in [0.717, 1.165) is 32.4 Å². The summed E-state index contributed by atoms with van der Waals surface area (Å²) < 4.78 is 28.8. The Kier molecular flexibility index (Phi) is 4.58. The Morgan fingerprint density at radius 3 is 2.89 bits per heavy atom. The predicted molar refractivity (Wildman–Crippen MR) is 107 cm³/mol. The van der Waals surface area contributed by atoms with Gasteiger partial charge in [0.25, 0.3) is 0 Å². The molecule has 5 rings (SSSR count). The number of sulfonamides is 1. The molecule has 28 heavy (non-hydrogen) atoms. The Labute approximate surface area is 167 Å². The van der Waals surface area contributed by atoms with Crippen LogP contribution in [0.1, 0.15) is 44.1 Å². The lowest BCUT2D eigenvalue weighted by molar-refractivity contribution is 0.0149. The van der Waals surface area contributed by atoms with Crippen molar-refractivity contribution in [1.29, 1.82) is 5.26 Å². The normalized spacial score (nSPS) is 33.3. The molecule has 4 atom stereocenters. The van der Waals surface area contributed by atoms with Gasteiger partial charge in [-0.15, -0.1) is 0 Å². The molecular formula is C22H27N3O2S. The first-order valence-corrected chi connectivity index (χ1v) is 12.0.